The number of hydrogen-bond donors (Lipinski definition) is 3. The van der Waals surface area contributed by atoms with Crippen molar-refractivity contribution in [2.24, 2.45) is 11.7 Å². The summed E-state index contributed by atoms with van der Waals surface area (Å²) in [5, 5.41) is 5.87. The van der Waals surface area contributed by atoms with Crippen LogP contribution in [0.5, 0.6) is 0 Å². The predicted octanol–water partition coefficient (Wildman–Crippen LogP) is 3.24. The summed E-state index contributed by atoms with van der Waals surface area (Å²) in [4.78, 5) is 25.9. The summed E-state index contributed by atoms with van der Waals surface area (Å²) in [5.74, 6) is -1.02. The maximum Gasteiger partial charge on any atom is 0.257 e. The molecule has 0 aromatic heterocycles. The van der Waals surface area contributed by atoms with Crippen molar-refractivity contribution >= 4 is 34.4 Å². The molecule has 2 aliphatic rings. The molecule has 2 heterocycles. The van der Waals surface area contributed by atoms with Crippen molar-refractivity contribution in [2.75, 3.05) is 28.6 Å². The molecule has 6 nitrogen and oxygen atoms in total. The summed E-state index contributed by atoms with van der Waals surface area (Å²) in [6, 6.07) is 10.1. The molecule has 2 aromatic rings. The number of aryl methyl sites for hydroxylation is 1. The van der Waals surface area contributed by atoms with Crippen molar-refractivity contribution in [3.63, 3.8) is 0 Å². The first-order valence-electron chi connectivity index (χ1n) is 9.65. The zero-order valence-corrected chi connectivity index (χ0v) is 16.2. The Morgan fingerprint density at radius 2 is 2.14 bits per heavy atom. The third-order valence-electron chi connectivity index (χ3n) is 5.51. The number of rotatable bonds is 4. The molecule has 2 amide bonds. The Kier molecular flexibility index (Phi) is 4.96. The van der Waals surface area contributed by atoms with E-state index in [1.165, 1.54) is 12.1 Å². The van der Waals surface area contributed by atoms with E-state index in [1.54, 1.807) is 12.3 Å². The number of hydrogen-bond acceptors (Lipinski definition) is 4. The van der Waals surface area contributed by atoms with Crippen LogP contribution in [0.25, 0.3) is 5.57 Å². The number of nitrogens with two attached hydrogens (primary N) is 1. The lowest BCUT2D eigenvalue weighted by atomic mass is 9.96. The van der Waals surface area contributed by atoms with Crippen LogP contribution >= 0.6 is 0 Å². The highest BCUT2D eigenvalue weighted by Gasteiger charge is 2.26. The van der Waals surface area contributed by atoms with Crippen molar-refractivity contribution in [1.29, 1.82) is 0 Å². The minimum atomic E-state index is -0.387. The smallest absolute Gasteiger partial charge is 0.257 e. The van der Waals surface area contributed by atoms with Crippen LogP contribution < -0.4 is 21.3 Å². The topological polar surface area (TPSA) is 87.5 Å². The number of benzene rings is 2. The number of anilines is 3. The first kappa shape index (κ1) is 19.0. The Morgan fingerprint density at radius 1 is 1.31 bits per heavy atom. The molecule has 2 aromatic carbocycles. The second kappa shape index (κ2) is 7.58. The van der Waals surface area contributed by atoms with Gasteiger partial charge in [-0.05, 0) is 61.7 Å². The monoisotopic (exact) mass is 394 g/mol. The number of amides is 2. The highest BCUT2D eigenvalue weighted by atomic mass is 19.1. The fraction of sp³-hybridized carbons (Fsp3) is 0.273. The second-order valence-corrected chi connectivity index (χ2v) is 7.54. The number of carbonyl (C=O) groups excluding carboxylic acids is 2. The number of fused-ring (bicyclic) bond motifs is 1. The minimum absolute atomic E-state index is 0.118. The molecule has 2 aliphatic heterocycles. The van der Waals surface area contributed by atoms with Crippen molar-refractivity contribution in [3.05, 3.63) is 59.5 Å². The largest absolute Gasteiger partial charge is 0.371 e. The van der Waals surface area contributed by atoms with Crippen molar-refractivity contribution < 1.29 is 14.0 Å². The molecule has 1 unspecified atom stereocenters. The molecule has 0 spiro atoms. The second-order valence-electron chi connectivity index (χ2n) is 7.54. The zero-order valence-electron chi connectivity index (χ0n) is 16.2. The molecule has 1 atom stereocenters. The first-order chi connectivity index (χ1) is 13.9. The SMILES string of the molecule is Cc1cc(NC=C2C(=O)Nc3ccc(F)cc32)ccc1N1CCCC(C(N)=O)C1. The first-order valence-corrected chi connectivity index (χ1v) is 9.65. The standard InChI is InChI=1S/C22H23FN4O2/c1-13-9-16(5-7-20(13)27-8-2-3-14(12-27)21(24)28)25-11-18-17-10-15(23)4-6-19(17)26-22(18)29/h4-7,9-11,14,25H,2-3,8,12H2,1H3,(H2,24,28)(H,26,29). The number of carbonyl (C=O) groups is 2. The van der Waals surface area contributed by atoms with E-state index in [9.17, 15) is 14.0 Å². The Hall–Kier alpha value is -3.35. The van der Waals surface area contributed by atoms with Gasteiger partial charge < -0.3 is 21.3 Å². The number of nitrogens with one attached hydrogen (secondary N) is 2. The summed E-state index contributed by atoms with van der Waals surface area (Å²) in [7, 11) is 0. The van der Waals surface area contributed by atoms with E-state index in [0.717, 1.165) is 36.3 Å². The fourth-order valence-electron chi connectivity index (χ4n) is 3.99. The fourth-order valence-corrected chi connectivity index (χ4v) is 3.99. The van der Waals surface area contributed by atoms with Gasteiger partial charge in [0, 0.05) is 41.9 Å². The van der Waals surface area contributed by atoms with Gasteiger partial charge in [0.2, 0.25) is 5.91 Å². The van der Waals surface area contributed by atoms with Crippen molar-refractivity contribution in [2.45, 2.75) is 19.8 Å². The summed E-state index contributed by atoms with van der Waals surface area (Å²) in [6.45, 7) is 3.54. The van der Waals surface area contributed by atoms with Crippen LogP contribution in [0.15, 0.2) is 42.6 Å². The number of halogens is 1. The highest BCUT2D eigenvalue weighted by Crippen LogP contribution is 2.33. The molecule has 0 aliphatic carbocycles. The van der Waals surface area contributed by atoms with Gasteiger partial charge in [-0.1, -0.05) is 0 Å². The molecule has 0 saturated carbocycles. The molecular weight excluding hydrogens is 371 g/mol. The van der Waals surface area contributed by atoms with E-state index < -0.39 is 0 Å². The average Bonchev–Trinajstić information content (AvgIpc) is 3.01. The predicted molar refractivity (Wildman–Crippen MR) is 112 cm³/mol. The number of nitrogens with zero attached hydrogens (tertiary/aromatic N) is 1. The molecule has 1 fully saturated rings. The van der Waals surface area contributed by atoms with E-state index >= 15 is 0 Å². The van der Waals surface area contributed by atoms with E-state index in [1.807, 2.05) is 25.1 Å². The zero-order chi connectivity index (χ0) is 20.5. The maximum absolute atomic E-state index is 13.6. The lowest BCUT2D eigenvalue weighted by Gasteiger charge is -2.34. The van der Waals surface area contributed by atoms with Crippen molar-refractivity contribution in [1.82, 2.24) is 0 Å². The van der Waals surface area contributed by atoms with Crippen LogP contribution in [0.3, 0.4) is 0 Å². The Labute approximate surface area is 168 Å². The Balaban J connectivity index is 1.52. The van der Waals surface area contributed by atoms with Crippen LogP contribution in [0.4, 0.5) is 21.5 Å². The van der Waals surface area contributed by atoms with E-state index in [4.69, 9.17) is 5.73 Å². The summed E-state index contributed by atoms with van der Waals surface area (Å²) in [5.41, 5.74) is 9.97. The third kappa shape index (κ3) is 3.81. The van der Waals surface area contributed by atoms with Gasteiger partial charge in [-0.3, -0.25) is 9.59 Å². The summed E-state index contributed by atoms with van der Waals surface area (Å²) < 4.78 is 13.6. The molecule has 29 heavy (non-hydrogen) atoms. The van der Waals surface area contributed by atoms with Crippen LogP contribution in [0.1, 0.15) is 24.0 Å². The lowest BCUT2D eigenvalue weighted by Crippen LogP contribution is -2.41. The molecular formula is C22H23FN4O2. The van der Waals surface area contributed by atoms with Gasteiger partial charge in [0.25, 0.3) is 5.91 Å². The lowest BCUT2D eigenvalue weighted by molar-refractivity contribution is -0.122. The van der Waals surface area contributed by atoms with Gasteiger partial charge in [-0.15, -0.1) is 0 Å². The van der Waals surface area contributed by atoms with Gasteiger partial charge in [-0.25, -0.2) is 4.39 Å². The van der Waals surface area contributed by atoms with Gasteiger partial charge in [-0.2, -0.15) is 0 Å². The van der Waals surface area contributed by atoms with Gasteiger partial charge in [0.15, 0.2) is 0 Å². The van der Waals surface area contributed by atoms with Gasteiger partial charge >= 0.3 is 0 Å². The quantitative estimate of drug-likeness (QED) is 0.695. The van der Waals surface area contributed by atoms with Crippen LogP contribution in [-0.4, -0.2) is 24.9 Å². The van der Waals surface area contributed by atoms with Crippen LogP contribution in [-0.2, 0) is 9.59 Å². The van der Waals surface area contributed by atoms with E-state index in [0.29, 0.717) is 23.4 Å². The van der Waals surface area contributed by atoms with Crippen LogP contribution in [0.2, 0.25) is 0 Å². The molecule has 0 bridgehead atoms. The third-order valence-corrected chi connectivity index (χ3v) is 5.51. The highest BCUT2D eigenvalue weighted by molar-refractivity contribution is 6.31. The van der Waals surface area contributed by atoms with E-state index in [2.05, 4.69) is 15.5 Å². The molecule has 4 N–H and O–H groups in total. The Morgan fingerprint density at radius 3 is 2.90 bits per heavy atom. The van der Waals surface area contributed by atoms with E-state index in [-0.39, 0.29) is 23.5 Å². The van der Waals surface area contributed by atoms with Gasteiger partial charge in [0.1, 0.15) is 5.82 Å². The summed E-state index contributed by atoms with van der Waals surface area (Å²) in [6.07, 6.45) is 3.37. The average molecular weight is 394 g/mol. The normalized spacial score (nSPS) is 19.8. The molecule has 4 rings (SSSR count). The van der Waals surface area contributed by atoms with Crippen molar-refractivity contribution in [3.8, 4) is 0 Å². The molecule has 0 radical (unpaired) electrons. The Bertz CT molecular complexity index is 1020. The summed E-state index contributed by atoms with van der Waals surface area (Å²) >= 11 is 0. The molecule has 150 valence electrons. The number of piperidine rings is 1. The number of primary amides is 1. The molecule has 1 saturated heterocycles. The maximum atomic E-state index is 13.6. The van der Waals surface area contributed by atoms with Gasteiger partial charge in [0.05, 0.1) is 11.5 Å². The molecule has 7 heteroatoms. The minimum Gasteiger partial charge on any atom is -0.371 e. The van der Waals surface area contributed by atoms with Crippen LogP contribution in [0, 0.1) is 18.7 Å².